The highest BCUT2D eigenvalue weighted by Gasteiger charge is 2.42. The van der Waals surface area contributed by atoms with Gasteiger partial charge in [0.2, 0.25) is 5.79 Å². The third-order valence-corrected chi connectivity index (χ3v) is 4.37. The minimum Gasteiger partial charge on any atom is -0.344 e. The minimum absolute atomic E-state index is 0.257. The van der Waals surface area contributed by atoms with Crippen LogP contribution in [0.3, 0.4) is 0 Å². The molecular formula is C17H22O3. The summed E-state index contributed by atoms with van der Waals surface area (Å²) in [5, 5.41) is 0. The van der Waals surface area contributed by atoms with Crippen molar-refractivity contribution in [3.8, 4) is 0 Å². The van der Waals surface area contributed by atoms with Crippen molar-refractivity contribution in [1.29, 1.82) is 0 Å². The van der Waals surface area contributed by atoms with E-state index in [9.17, 15) is 0 Å². The SMILES string of the molecule is COC1(c2ccccc2)C=CC2(CCCCCC2)OO1. The molecule has 0 radical (unpaired) electrons. The second-order valence-electron chi connectivity index (χ2n) is 5.72. The molecule has 1 saturated carbocycles. The van der Waals surface area contributed by atoms with Crippen molar-refractivity contribution in [1.82, 2.24) is 0 Å². The Morgan fingerprint density at radius 2 is 1.60 bits per heavy atom. The summed E-state index contributed by atoms with van der Waals surface area (Å²) in [4.78, 5) is 11.6. The predicted octanol–water partition coefficient (Wildman–Crippen LogP) is 4.10. The lowest BCUT2D eigenvalue weighted by atomic mass is 9.91. The molecule has 0 saturated heterocycles. The normalized spacial score (nSPS) is 29.2. The molecular weight excluding hydrogens is 252 g/mol. The second-order valence-corrected chi connectivity index (χ2v) is 5.72. The Kier molecular flexibility index (Phi) is 3.92. The Balaban J connectivity index is 1.87. The van der Waals surface area contributed by atoms with Gasteiger partial charge >= 0.3 is 0 Å². The zero-order valence-electron chi connectivity index (χ0n) is 12.0. The van der Waals surface area contributed by atoms with Crippen molar-refractivity contribution in [2.45, 2.75) is 49.9 Å². The maximum Gasteiger partial charge on any atom is 0.246 e. The fourth-order valence-electron chi connectivity index (χ4n) is 3.07. The van der Waals surface area contributed by atoms with Gasteiger partial charge in [0.25, 0.3) is 0 Å². The van der Waals surface area contributed by atoms with Crippen LogP contribution in [0.5, 0.6) is 0 Å². The highest BCUT2D eigenvalue weighted by molar-refractivity contribution is 5.27. The van der Waals surface area contributed by atoms with Gasteiger partial charge in [0, 0.05) is 12.7 Å². The van der Waals surface area contributed by atoms with Gasteiger partial charge in [-0.05, 0) is 25.0 Å². The number of hydrogen-bond donors (Lipinski definition) is 0. The molecule has 1 spiro atoms. The van der Waals surface area contributed by atoms with Crippen molar-refractivity contribution in [3.05, 3.63) is 48.0 Å². The van der Waals surface area contributed by atoms with E-state index in [4.69, 9.17) is 14.5 Å². The summed E-state index contributed by atoms with van der Waals surface area (Å²) in [5.41, 5.74) is 0.690. The highest BCUT2D eigenvalue weighted by atomic mass is 17.2. The van der Waals surface area contributed by atoms with Gasteiger partial charge in [0.05, 0.1) is 0 Å². The van der Waals surface area contributed by atoms with E-state index in [1.54, 1.807) is 7.11 Å². The van der Waals surface area contributed by atoms with Gasteiger partial charge in [-0.2, -0.15) is 4.89 Å². The lowest BCUT2D eigenvalue weighted by Crippen LogP contribution is -2.42. The number of hydrogen-bond acceptors (Lipinski definition) is 3. The van der Waals surface area contributed by atoms with E-state index >= 15 is 0 Å². The summed E-state index contributed by atoms with van der Waals surface area (Å²) >= 11 is 0. The van der Waals surface area contributed by atoms with E-state index in [1.165, 1.54) is 25.7 Å². The standard InChI is InChI=1S/C17H22O3/c1-18-17(15-9-5-4-6-10-15)14-13-16(19-20-17)11-7-2-3-8-12-16/h4-6,9-10,13-14H,2-3,7-8,11-12H2,1H3. The lowest BCUT2D eigenvalue weighted by Gasteiger charge is -2.39. The summed E-state index contributed by atoms with van der Waals surface area (Å²) in [5.74, 6) is -0.918. The molecule has 3 rings (SSSR count). The van der Waals surface area contributed by atoms with Gasteiger partial charge in [0.1, 0.15) is 5.60 Å². The average molecular weight is 274 g/mol. The van der Waals surface area contributed by atoms with Gasteiger partial charge < -0.3 is 4.74 Å². The van der Waals surface area contributed by atoms with Gasteiger partial charge in [-0.3, -0.25) is 0 Å². The summed E-state index contributed by atoms with van der Waals surface area (Å²) in [7, 11) is 1.64. The number of rotatable bonds is 2. The van der Waals surface area contributed by atoms with Crippen LogP contribution in [-0.2, 0) is 20.3 Å². The molecule has 3 heteroatoms. The molecule has 1 aromatic rings. The third-order valence-electron chi connectivity index (χ3n) is 4.37. The van der Waals surface area contributed by atoms with Crippen LogP contribution < -0.4 is 0 Å². The Hall–Kier alpha value is -1.16. The molecule has 1 aromatic carbocycles. The number of methoxy groups -OCH3 is 1. The Labute approximate surface area is 120 Å². The zero-order chi connectivity index (χ0) is 13.9. The van der Waals surface area contributed by atoms with Crippen LogP contribution in [0.25, 0.3) is 0 Å². The number of ether oxygens (including phenoxy) is 1. The maximum absolute atomic E-state index is 5.84. The Bertz CT molecular complexity index is 460. The molecule has 0 aromatic heterocycles. The lowest BCUT2D eigenvalue weighted by molar-refractivity contribution is -0.458. The molecule has 20 heavy (non-hydrogen) atoms. The number of benzene rings is 1. The van der Waals surface area contributed by atoms with Gasteiger partial charge in [-0.15, -0.1) is 0 Å². The molecule has 108 valence electrons. The van der Waals surface area contributed by atoms with E-state index in [0.717, 1.165) is 18.4 Å². The van der Waals surface area contributed by atoms with Crippen LogP contribution >= 0.6 is 0 Å². The van der Waals surface area contributed by atoms with Crippen LogP contribution in [0.2, 0.25) is 0 Å². The fraction of sp³-hybridized carbons (Fsp3) is 0.529. The van der Waals surface area contributed by atoms with Gasteiger partial charge in [-0.25, -0.2) is 4.89 Å². The first-order valence-electron chi connectivity index (χ1n) is 7.47. The summed E-state index contributed by atoms with van der Waals surface area (Å²) in [6.45, 7) is 0. The highest BCUT2D eigenvalue weighted by Crippen LogP contribution is 2.41. The topological polar surface area (TPSA) is 27.7 Å². The fourth-order valence-corrected chi connectivity index (χ4v) is 3.07. The molecule has 0 amide bonds. The first-order chi connectivity index (χ1) is 9.79. The first kappa shape index (κ1) is 13.8. The van der Waals surface area contributed by atoms with E-state index in [1.807, 2.05) is 36.4 Å². The molecule has 3 nitrogen and oxygen atoms in total. The molecule has 1 heterocycles. The third kappa shape index (κ3) is 2.53. The van der Waals surface area contributed by atoms with E-state index in [-0.39, 0.29) is 5.60 Å². The largest absolute Gasteiger partial charge is 0.344 e. The van der Waals surface area contributed by atoms with Crippen molar-refractivity contribution in [2.75, 3.05) is 7.11 Å². The molecule has 1 aliphatic carbocycles. The molecule has 0 N–H and O–H groups in total. The van der Waals surface area contributed by atoms with Crippen molar-refractivity contribution in [2.24, 2.45) is 0 Å². The maximum atomic E-state index is 5.84. The zero-order valence-corrected chi connectivity index (χ0v) is 12.0. The van der Waals surface area contributed by atoms with E-state index in [0.29, 0.717) is 0 Å². The van der Waals surface area contributed by atoms with E-state index < -0.39 is 5.79 Å². The average Bonchev–Trinajstić information content (AvgIpc) is 2.75. The molecule has 1 fully saturated rings. The van der Waals surface area contributed by atoms with Crippen LogP contribution in [0.4, 0.5) is 0 Å². The summed E-state index contributed by atoms with van der Waals surface area (Å²) < 4.78 is 5.60. The minimum atomic E-state index is -0.918. The summed E-state index contributed by atoms with van der Waals surface area (Å²) in [6.07, 6.45) is 11.2. The van der Waals surface area contributed by atoms with Crippen LogP contribution in [0.1, 0.15) is 44.1 Å². The van der Waals surface area contributed by atoms with Crippen molar-refractivity contribution < 1.29 is 14.5 Å². The second kappa shape index (κ2) is 5.68. The Morgan fingerprint density at radius 1 is 0.900 bits per heavy atom. The smallest absolute Gasteiger partial charge is 0.246 e. The molecule has 2 aliphatic rings. The first-order valence-corrected chi connectivity index (χ1v) is 7.47. The van der Waals surface area contributed by atoms with E-state index in [2.05, 4.69) is 6.08 Å². The van der Waals surface area contributed by atoms with Crippen LogP contribution in [-0.4, -0.2) is 12.7 Å². The van der Waals surface area contributed by atoms with Crippen molar-refractivity contribution in [3.63, 3.8) is 0 Å². The molecule has 0 bridgehead atoms. The summed E-state index contributed by atoms with van der Waals surface area (Å²) in [6, 6.07) is 9.91. The van der Waals surface area contributed by atoms with Crippen LogP contribution in [0, 0.1) is 0 Å². The van der Waals surface area contributed by atoms with Gasteiger partial charge in [0.15, 0.2) is 0 Å². The predicted molar refractivity (Wildman–Crippen MR) is 76.9 cm³/mol. The molecule has 1 aliphatic heterocycles. The Morgan fingerprint density at radius 3 is 2.15 bits per heavy atom. The molecule has 1 atom stereocenters. The van der Waals surface area contributed by atoms with Gasteiger partial charge in [-0.1, -0.05) is 56.0 Å². The van der Waals surface area contributed by atoms with Crippen molar-refractivity contribution >= 4 is 0 Å². The quantitative estimate of drug-likeness (QED) is 0.600. The molecule has 1 unspecified atom stereocenters. The van der Waals surface area contributed by atoms with Crippen LogP contribution in [0.15, 0.2) is 42.5 Å². The monoisotopic (exact) mass is 274 g/mol.